The summed E-state index contributed by atoms with van der Waals surface area (Å²) in [5.41, 5.74) is 0.715. The summed E-state index contributed by atoms with van der Waals surface area (Å²) >= 11 is 5.86. The van der Waals surface area contributed by atoms with E-state index in [0.29, 0.717) is 29.6 Å². The number of anilines is 1. The second kappa shape index (κ2) is 8.41. The summed E-state index contributed by atoms with van der Waals surface area (Å²) in [5.74, 6) is 1.09. The van der Waals surface area contributed by atoms with E-state index in [0.717, 1.165) is 18.7 Å². The average molecular weight is 411 g/mol. The molecule has 9 heteroatoms. The molecular weight excluding hydrogens is 388 g/mol. The summed E-state index contributed by atoms with van der Waals surface area (Å²) in [5, 5.41) is 8.73. The molecule has 1 aromatic carbocycles. The molecule has 1 aliphatic rings. The maximum atomic E-state index is 12.8. The van der Waals surface area contributed by atoms with Crippen molar-refractivity contribution in [2.45, 2.75) is 24.7 Å². The van der Waals surface area contributed by atoms with Crippen LogP contribution in [0.15, 0.2) is 36.4 Å². The highest BCUT2D eigenvalue weighted by atomic mass is 35.5. The highest BCUT2D eigenvalue weighted by Crippen LogP contribution is 2.22. The number of sulfonamides is 1. The molecule has 3 rings (SSSR count). The predicted octanol–water partition coefficient (Wildman–Crippen LogP) is 2.57. The number of halogens is 1. The molecule has 1 saturated heterocycles. The third-order valence-electron chi connectivity index (χ3n) is 4.37. The fraction of sp³-hybridized carbons (Fsp3) is 0.444. The normalized spacial score (nSPS) is 18.3. The fourth-order valence-corrected chi connectivity index (χ4v) is 4.64. The van der Waals surface area contributed by atoms with E-state index in [9.17, 15) is 8.42 Å². The van der Waals surface area contributed by atoms with Crippen LogP contribution in [-0.2, 0) is 15.8 Å². The highest BCUT2D eigenvalue weighted by Gasteiger charge is 2.30. The lowest BCUT2D eigenvalue weighted by Gasteiger charge is -2.31. The summed E-state index contributed by atoms with van der Waals surface area (Å²) in [7, 11) is 0.343. The van der Waals surface area contributed by atoms with Gasteiger partial charge >= 0.3 is 0 Å². The summed E-state index contributed by atoms with van der Waals surface area (Å²) in [6, 6.07) is 10.4. The smallest absolute Gasteiger partial charge is 0.233 e. The quantitative estimate of drug-likeness (QED) is 0.728. The monoisotopic (exact) mass is 410 g/mol. The summed E-state index contributed by atoms with van der Waals surface area (Å²) in [6.07, 6.45) is 1.29. The zero-order valence-corrected chi connectivity index (χ0v) is 16.9. The number of hydrogen-bond donors (Lipinski definition) is 0. The molecule has 1 fully saturated rings. The Hall–Kier alpha value is -1.90. The van der Waals surface area contributed by atoms with Gasteiger partial charge < -0.3 is 9.64 Å². The Labute approximate surface area is 165 Å². The van der Waals surface area contributed by atoms with Crippen molar-refractivity contribution in [3.63, 3.8) is 0 Å². The van der Waals surface area contributed by atoms with E-state index < -0.39 is 10.0 Å². The number of hydrogen-bond acceptors (Lipinski definition) is 6. The Morgan fingerprint density at radius 1 is 1.19 bits per heavy atom. The van der Waals surface area contributed by atoms with Crippen molar-refractivity contribution < 1.29 is 13.2 Å². The number of nitrogens with zero attached hydrogens (tertiary/aromatic N) is 4. The minimum absolute atomic E-state index is 0.0474. The number of aromatic nitrogens is 2. The molecule has 146 valence electrons. The van der Waals surface area contributed by atoms with E-state index in [2.05, 4.69) is 10.2 Å². The Morgan fingerprint density at radius 3 is 2.56 bits per heavy atom. The molecule has 0 spiro atoms. The predicted molar refractivity (Wildman–Crippen MR) is 106 cm³/mol. The lowest BCUT2D eigenvalue weighted by molar-refractivity contribution is 0.123. The number of ether oxygens (including phenoxy) is 1. The van der Waals surface area contributed by atoms with E-state index in [1.165, 1.54) is 4.31 Å². The van der Waals surface area contributed by atoms with E-state index >= 15 is 0 Å². The van der Waals surface area contributed by atoms with Gasteiger partial charge in [0, 0.05) is 31.7 Å². The van der Waals surface area contributed by atoms with Crippen molar-refractivity contribution in [3.05, 3.63) is 47.0 Å². The second-order valence-corrected chi connectivity index (χ2v) is 9.15. The molecule has 1 atom stereocenters. The van der Waals surface area contributed by atoms with Gasteiger partial charge in [0.2, 0.25) is 15.9 Å². The van der Waals surface area contributed by atoms with Crippen LogP contribution in [0.4, 0.5) is 5.82 Å². The lowest BCUT2D eigenvalue weighted by atomic mass is 10.1. The van der Waals surface area contributed by atoms with E-state index in [-0.39, 0.29) is 11.9 Å². The Balaban J connectivity index is 1.63. The summed E-state index contributed by atoms with van der Waals surface area (Å²) in [4.78, 5) is 1.85. The molecule has 0 amide bonds. The van der Waals surface area contributed by atoms with E-state index in [4.69, 9.17) is 16.3 Å². The van der Waals surface area contributed by atoms with Crippen LogP contribution in [0, 0.1) is 0 Å². The van der Waals surface area contributed by atoms with Crippen LogP contribution in [0.3, 0.4) is 0 Å². The van der Waals surface area contributed by atoms with Gasteiger partial charge in [-0.05, 0) is 36.6 Å². The van der Waals surface area contributed by atoms with E-state index in [1.54, 1.807) is 30.3 Å². The minimum atomic E-state index is -3.42. The number of piperidine rings is 1. The van der Waals surface area contributed by atoms with Crippen molar-refractivity contribution in [2.24, 2.45) is 0 Å². The molecule has 0 bridgehead atoms. The first-order valence-electron chi connectivity index (χ1n) is 8.73. The topological polar surface area (TPSA) is 75.6 Å². The van der Waals surface area contributed by atoms with Crippen LogP contribution >= 0.6 is 11.6 Å². The van der Waals surface area contributed by atoms with Crippen molar-refractivity contribution in [2.75, 3.05) is 32.1 Å². The molecule has 0 saturated carbocycles. The van der Waals surface area contributed by atoms with Gasteiger partial charge in [0.15, 0.2) is 5.82 Å². The maximum Gasteiger partial charge on any atom is 0.233 e. The van der Waals surface area contributed by atoms with Gasteiger partial charge in [0.05, 0.1) is 12.3 Å². The van der Waals surface area contributed by atoms with Crippen LogP contribution in [-0.4, -0.2) is 56.2 Å². The molecule has 1 aromatic heterocycles. The molecular formula is C18H23ClN4O3S. The van der Waals surface area contributed by atoms with Gasteiger partial charge in [-0.2, -0.15) is 4.31 Å². The third-order valence-corrected chi connectivity index (χ3v) is 6.44. The summed E-state index contributed by atoms with van der Waals surface area (Å²) < 4.78 is 32.9. The molecule has 2 aromatic rings. The first-order chi connectivity index (χ1) is 12.8. The van der Waals surface area contributed by atoms with Gasteiger partial charge in [-0.15, -0.1) is 10.2 Å². The minimum Gasteiger partial charge on any atom is -0.472 e. The zero-order valence-electron chi connectivity index (χ0n) is 15.4. The zero-order chi connectivity index (χ0) is 19.4. The number of benzene rings is 1. The molecule has 0 N–H and O–H groups in total. The first-order valence-corrected chi connectivity index (χ1v) is 10.7. The van der Waals surface area contributed by atoms with E-state index in [1.807, 2.05) is 25.1 Å². The van der Waals surface area contributed by atoms with Gasteiger partial charge in [-0.25, -0.2) is 8.42 Å². The second-order valence-electron chi connectivity index (χ2n) is 6.75. The molecule has 2 heterocycles. The number of rotatable bonds is 6. The molecule has 7 nitrogen and oxygen atoms in total. The third kappa shape index (κ3) is 5.31. The van der Waals surface area contributed by atoms with Crippen molar-refractivity contribution in [1.29, 1.82) is 0 Å². The Bertz CT molecular complexity index is 857. The molecule has 1 unspecified atom stereocenters. The van der Waals surface area contributed by atoms with Crippen LogP contribution in [0.1, 0.15) is 18.4 Å². The molecule has 0 radical (unpaired) electrons. The fourth-order valence-electron chi connectivity index (χ4n) is 2.92. The van der Waals surface area contributed by atoms with Crippen LogP contribution in [0.5, 0.6) is 5.88 Å². The summed E-state index contributed by atoms with van der Waals surface area (Å²) in [6.45, 7) is 0.814. The van der Waals surface area contributed by atoms with Crippen molar-refractivity contribution in [3.8, 4) is 5.88 Å². The van der Waals surface area contributed by atoms with Crippen LogP contribution in [0.2, 0.25) is 5.02 Å². The van der Waals surface area contributed by atoms with Crippen molar-refractivity contribution >= 4 is 27.4 Å². The van der Waals surface area contributed by atoms with Gasteiger partial charge in [0.1, 0.15) is 6.10 Å². The molecule has 1 aliphatic heterocycles. The van der Waals surface area contributed by atoms with Crippen LogP contribution < -0.4 is 9.64 Å². The SMILES string of the molecule is CN(C)c1ccc(OC2CCCN(S(=O)(=O)Cc3ccc(Cl)cc3)C2)nn1. The Morgan fingerprint density at radius 2 is 1.93 bits per heavy atom. The first kappa shape index (κ1) is 19.9. The van der Waals surface area contributed by atoms with Gasteiger partial charge in [-0.1, -0.05) is 23.7 Å². The molecule has 27 heavy (non-hydrogen) atoms. The lowest BCUT2D eigenvalue weighted by Crippen LogP contribution is -2.44. The van der Waals surface area contributed by atoms with Crippen LogP contribution in [0.25, 0.3) is 0 Å². The maximum absolute atomic E-state index is 12.8. The Kier molecular flexibility index (Phi) is 6.18. The standard InChI is InChI=1S/C18H23ClN4O3S/c1-22(2)17-9-10-18(21-20-17)26-16-4-3-11-23(12-16)27(24,25)13-14-5-7-15(19)8-6-14/h5-10,16H,3-4,11-13H2,1-2H3. The average Bonchev–Trinajstić information content (AvgIpc) is 2.64. The largest absolute Gasteiger partial charge is 0.472 e. The molecule has 0 aliphatic carbocycles. The van der Waals surface area contributed by atoms with Crippen molar-refractivity contribution in [1.82, 2.24) is 14.5 Å². The van der Waals surface area contributed by atoms with Gasteiger partial charge in [0.25, 0.3) is 0 Å². The highest BCUT2D eigenvalue weighted by molar-refractivity contribution is 7.88. The van der Waals surface area contributed by atoms with Gasteiger partial charge in [-0.3, -0.25) is 0 Å².